The molecule has 2 aromatic heterocycles. The third-order valence-electron chi connectivity index (χ3n) is 6.44. The average molecular weight is 479 g/mol. The van der Waals surface area contributed by atoms with Crippen LogP contribution in [0.15, 0.2) is 85.3 Å². The van der Waals surface area contributed by atoms with Crippen LogP contribution in [0, 0.1) is 0 Å². The predicted molar refractivity (Wildman–Crippen MR) is 145 cm³/mol. The van der Waals surface area contributed by atoms with Crippen LogP contribution < -0.4 is 4.74 Å². The quantitative estimate of drug-likeness (QED) is 0.283. The Morgan fingerprint density at radius 1 is 0.917 bits per heavy atom. The molecule has 0 radical (unpaired) electrons. The Balaban J connectivity index is 1.49. The van der Waals surface area contributed by atoms with Gasteiger partial charge in [0.1, 0.15) is 28.8 Å². The van der Waals surface area contributed by atoms with E-state index in [1.165, 1.54) is 11.1 Å². The summed E-state index contributed by atoms with van der Waals surface area (Å²) in [7, 11) is 3.80. The first-order valence-corrected chi connectivity index (χ1v) is 12.2. The summed E-state index contributed by atoms with van der Waals surface area (Å²) >= 11 is 0. The average Bonchev–Trinajstić information content (AvgIpc) is 3.35. The lowest BCUT2D eigenvalue weighted by Crippen LogP contribution is -2.18. The summed E-state index contributed by atoms with van der Waals surface area (Å²) in [5.41, 5.74) is 7.17. The fourth-order valence-electron chi connectivity index (χ4n) is 4.64. The Morgan fingerprint density at radius 3 is 2.36 bits per heavy atom. The molecule has 3 aromatic carbocycles. The smallest absolute Gasteiger partial charge is 0.168 e. The van der Waals surface area contributed by atoms with Crippen molar-refractivity contribution in [2.24, 2.45) is 0 Å². The Hall–Kier alpha value is -4.16. The first-order chi connectivity index (χ1) is 17.6. The van der Waals surface area contributed by atoms with Gasteiger partial charge in [-0.3, -0.25) is 4.57 Å². The lowest BCUT2D eigenvalue weighted by molar-refractivity contribution is 0.328. The molecule has 6 heteroatoms. The summed E-state index contributed by atoms with van der Waals surface area (Å²) in [6.45, 7) is 4.17. The molecule has 1 N–H and O–H groups in total. The molecule has 0 atom stereocenters. The van der Waals surface area contributed by atoms with Crippen molar-refractivity contribution < 1.29 is 9.84 Å². The third kappa shape index (κ3) is 4.55. The summed E-state index contributed by atoms with van der Waals surface area (Å²) in [4.78, 5) is 11.3. The molecule has 36 heavy (non-hydrogen) atoms. The highest BCUT2D eigenvalue weighted by molar-refractivity contribution is 5.89. The Labute approximate surface area is 211 Å². The number of pyridine rings is 1. The molecular weight excluding hydrogens is 448 g/mol. The summed E-state index contributed by atoms with van der Waals surface area (Å²) < 4.78 is 7.13. The standard InChI is InChI=1S/C30H30N4O2/c1-4-17-33(2)19-23-7-5-6-8-26(23)21-9-11-22(12-10-21)28-30(35)29-27(18-31-28)32-20-34(29)24-13-15-25(36-3)16-14-24/h5-16,18,20,35H,4,17,19H2,1-3H3. The lowest BCUT2D eigenvalue weighted by atomic mass is 9.97. The summed E-state index contributed by atoms with van der Waals surface area (Å²) in [6, 6.07) is 24.4. The van der Waals surface area contributed by atoms with E-state index in [1.54, 1.807) is 19.6 Å². The second-order valence-electron chi connectivity index (χ2n) is 8.97. The van der Waals surface area contributed by atoms with E-state index in [0.29, 0.717) is 16.7 Å². The number of aromatic nitrogens is 3. The molecule has 2 heterocycles. The van der Waals surface area contributed by atoms with Crippen molar-refractivity contribution in [1.82, 2.24) is 19.4 Å². The van der Waals surface area contributed by atoms with Gasteiger partial charge < -0.3 is 14.7 Å². The SMILES string of the molecule is CCCN(C)Cc1ccccc1-c1ccc(-c2ncc3ncn(-c4ccc(OC)cc4)c3c2O)cc1. The van der Waals surface area contributed by atoms with Gasteiger partial charge >= 0.3 is 0 Å². The van der Waals surface area contributed by atoms with Gasteiger partial charge in [-0.1, -0.05) is 55.5 Å². The molecule has 0 bridgehead atoms. The van der Waals surface area contributed by atoms with Gasteiger partial charge in [0.15, 0.2) is 5.75 Å². The highest BCUT2D eigenvalue weighted by Crippen LogP contribution is 2.36. The molecule has 0 saturated carbocycles. The number of rotatable bonds is 8. The fourth-order valence-corrected chi connectivity index (χ4v) is 4.64. The van der Waals surface area contributed by atoms with E-state index in [-0.39, 0.29) is 5.75 Å². The first kappa shape index (κ1) is 23.6. The van der Waals surface area contributed by atoms with Gasteiger partial charge in [0.25, 0.3) is 0 Å². The van der Waals surface area contributed by atoms with Gasteiger partial charge in [0.2, 0.25) is 0 Å². The number of fused-ring (bicyclic) bond motifs is 1. The molecule has 0 unspecified atom stereocenters. The number of ether oxygens (including phenoxy) is 1. The van der Waals surface area contributed by atoms with Crippen molar-refractivity contribution in [3.8, 4) is 39.6 Å². The van der Waals surface area contributed by atoms with Crippen molar-refractivity contribution >= 4 is 11.0 Å². The molecule has 6 nitrogen and oxygen atoms in total. The Bertz CT molecular complexity index is 1470. The van der Waals surface area contributed by atoms with Crippen molar-refractivity contribution in [3.63, 3.8) is 0 Å². The van der Waals surface area contributed by atoms with Gasteiger partial charge in [-0.2, -0.15) is 0 Å². The monoisotopic (exact) mass is 478 g/mol. The highest BCUT2D eigenvalue weighted by atomic mass is 16.5. The van der Waals surface area contributed by atoms with E-state index >= 15 is 0 Å². The van der Waals surface area contributed by atoms with Crippen LogP contribution in [-0.2, 0) is 6.54 Å². The highest BCUT2D eigenvalue weighted by Gasteiger charge is 2.16. The minimum absolute atomic E-state index is 0.107. The topological polar surface area (TPSA) is 63.4 Å². The van der Waals surface area contributed by atoms with E-state index in [1.807, 2.05) is 41.0 Å². The van der Waals surface area contributed by atoms with E-state index in [4.69, 9.17) is 4.74 Å². The summed E-state index contributed by atoms with van der Waals surface area (Å²) in [5, 5.41) is 11.3. The van der Waals surface area contributed by atoms with Crippen molar-refractivity contribution in [2.75, 3.05) is 20.7 Å². The second kappa shape index (κ2) is 10.2. The normalized spacial score (nSPS) is 11.3. The minimum atomic E-state index is 0.107. The van der Waals surface area contributed by atoms with Crippen LogP contribution >= 0.6 is 0 Å². The zero-order valence-corrected chi connectivity index (χ0v) is 20.8. The van der Waals surface area contributed by atoms with E-state index in [0.717, 1.165) is 42.1 Å². The van der Waals surface area contributed by atoms with Gasteiger partial charge in [-0.15, -0.1) is 0 Å². The van der Waals surface area contributed by atoms with E-state index in [9.17, 15) is 5.11 Å². The van der Waals surface area contributed by atoms with Crippen LogP contribution in [0.4, 0.5) is 0 Å². The first-order valence-electron chi connectivity index (χ1n) is 12.2. The molecule has 0 spiro atoms. The summed E-state index contributed by atoms with van der Waals surface area (Å²) in [5.74, 6) is 0.878. The molecule has 182 valence electrons. The molecule has 0 amide bonds. The van der Waals surface area contributed by atoms with Crippen LogP contribution in [0.1, 0.15) is 18.9 Å². The number of hydrogen-bond acceptors (Lipinski definition) is 5. The maximum atomic E-state index is 11.3. The van der Waals surface area contributed by atoms with Crippen molar-refractivity contribution in [1.29, 1.82) is 0 Å². The number of nitrogens with zero attached hydrogens (tertiary/aromatic N) is 4. The zero-order chi connectivity index (χ0) is 25.1. The third-order valence-corrected chi connectivity index (χ3v) is 6.44. The molecule has 0 fully saturated rings. The summed E-state index contributed by atoms with van der Waals surface area (Å²) in [6.07, 6.45) is 4.54. The molecule has 5 rings (SSSR count). The maximum absolute atomic E-state index is 11.3. The van der Waals surface area contributed by atoms with Crippen LogP contribution in [0.3, 0.4) is 0 Å². The number of methoxy groups -OCH3 is 1. The van der Waals surface area contributed by atoms with E-state index in [2.05, 4.69) is 65.2 Å². The number of aromatic hydroxyl groups is 1. The molecule has 5 aromatic rings. The van der Waals surface area contributed by atoms with Crippen LogP contribution in [0.2, 0.25) is 0 Å². The molecular formula is C30H30N4O2. The predicted octanol–water partition coefficient (Wildman–Crippen LogP) is 6.31. The van der Waals surface area contributed by atoms with Gasteiger partial charge in [0.05, 0.1) is 13.3 Å². The number of imidazole rings is 1. The van der Waals surface area contributed by atoms with Gasteiger partial charge in [0, 0.05) is 17.8 Å². The van der Waals surface area contributed by atoms with Crippen LogP contribution in [0.5, 0.6) is 11.5 Å². The minimum Gasteiger partial charge on any atom is -0.504 e. The number of hydrogen-bond donors (Lipinski definition) is 1. The lowest BCUT2D eigenvalue weighted by Gasteiger charge is -2.18. The second-order valence-corrected chi connectivity index (χ2v) is 8.97. The molecule has 0 aliphatic heterocycles. The van der Waals surface area contributed by atoms with E-state index < -0.39 is 0 Å². The fraction of sp³-hybridized carbons (Fsp3) is 0.200. The zero-order valence-electron chi connectivity index (χ0n) is 20.8. The van der Waals surface area contributed by atoms with Crippen LogP contribution in [0.25, 0.3) is 39.1 Å². The van der Waals surface area contributed by atoms with Crippen molar-refractivity contribution in [3.05, 3.63) is 90.9 Å². The molecule has 0 saturated heterocycles. The molecule has 0 aliphatic rings. The molecule has 0 aliphatic carbocycles. The Morgan fingerprint density at radius 2 is 1.64 bits per heavy atom. The largest absolute Gasteiger partial charge is 0.504 e. The van der Waals surface area contributed by atoms with Crippen molar-refractivity contribution in [2.45, 2.75) is 19.9 Å². The van der Waals surface area contributed by atoms with Gasteiger partial charge in [-0.25, -0.2) is 9.97 Å². The van der Waals surface area contributed by atoms with Crippen LogP contribution in [-0.4, -0.2) is 45.2 Å². The van der Waals surface area contributed by atoms with Gasteiger partial charge in [-0.05, 0) is 61.0 Å². The number of benzene rings is 3. The Kier molecular flexibility index (Phi) is 6.69. The maximum Gasteiger partial charge on any atom is 0.168 e.